The van der Waals surface area contributed by atoms with Crippen LogP contribution in [0.25, 0.3) is 10.2 Å². The molecular weight excluding hydrogens is 276 g/mol. The van der Waals surface area contributed by atoms with Gasteiger partial charge in [-0.2, -0.15) is 5.26 Å². The molecule has 3 rings (SSSR count). The second kappa shape index (κ2) is 4.88. The summed E-state index contributed by atoms with van der Waals surface area (Å²) >= 11 is 2.98. The molecule has 0 aliphatic heterocycles. The van der Waals surface area contributed by atoms with Crippen molar-refractivity contribution < 1.29 is 0 Å². The molecule has 3 aromatic rings. The molecule has 2 N–H and O–H groups in total. The van der Waals surface area contributed by atoms with Gasteiger partial charge in [-0.05, 0) is 30.0 Å². The lowest BCUT2D eigenvalue weighted by Crippen LogP contribution is -1.91. The van der Waals surface area contributed by atoms with E-state index in [1.54, 1.807) is 23.6 Å². The summed E-state index contributed by atoms with van der Waals surface area (Å²) in [6.45, 7) is 0. The van der Waals surface area contributed by atoms with Crippen molar-refractivity contribution in [2.75, 3.05) is 5.73 Å². The highest BCUT2D eigenvalue weighted by Gasteiger charge is 2.10. The zero-order chi connectivity index (χ0) is 13.2. The lowest BCUT2D eigenvalue weighted by atomic mass is 10.3. The molecular formula is C13H8N4S2. The molecule has 0 aliphatic carbocycles. The van der Waals surface area contributed by atoms with Crippen LogP contribution in [-0.2, 0) is 0 Å². The van der Waals surface area contributed by atoms with Crippen LogP contribution in [0.2, 0.25) is 0 Å². The van der Waals surface area contributed by atoms with Gasteiger partial charge in [-0.1, -0.05) is 12.1 Å². The zero-order valence-electron chi connectivity index (χ0n) is 9.70. The van der Waals surface area contributed by atoms with Crippen molar-refractivity contribution in [2.45, 2.75) is 9.37 Å². The van der Waals surface area contributed by atoms with Crippen molar-refractivity contribution in [3.63, 3.8) is 0 Å². The van der Waals surface area contributed by atoms with Gasteiger partial charge in [0.05, 0.1) is 27.7 Å². The van der Waals surface area contributed by atoms with Gasteiger partial charge in [0.1, 0.15) is 11.1 Å². The smallest absolute Gasteiger partial charge is 0.157 e. The molecule has 1 aromatic carbocycles. The van der Waals surface area contributed by atoms with Crippen LogP contribution in [0.15, 0.2) is 45.9 Å². The van der Waals surface area contributed by atoms with Crippen molar-refractivity contribution in [3.05, 3.63) is 42.1 Å². The fourth-order valence-corrected chi connectivity index (χ4v) is 3.61. The van der Waals surface area contributed by atoms with Gasteiger partial charge in [-0.15, -0.1) is 11.3 Å². The first-order valence-corrected chi connectivity index (χ1v) is 7.08. The van der Waals surface area contributed by atoms with Gasteiger partial charge in [-0.3, -0.25) is 0 Å². The summed E-state index contributed by atoms with van der Waals surface area (Å²) in [6, 6.07) is 11.7. The van der Waals surface area contributed by atoms with Gasteiger partial charge in [0, 0.05) is 0 Å². The number of rotatable bonds is 2. The van der Waals surface area contributed by atoms with Crippen molar-refractivity contribution >= 4 is 39.0 Å². The standard InChI is InChI=1S/C13H8N4S2/c14-6-8-5-9(15)7-16-12(8)19-13-17-10-3-1-2-4-11(10)18-13/h1-5,7H,15H2. The van der Waals surface area contributed by atoms with Crippen LogP contribution >= 0.6 is 23.1 Å². The number of hydrogen-bond acceptors (Lipinski definition) is 6. The highest BCUT2D eigenvalue weighted by atomic mass is 32.2. The molecule has 0 saturated carbocycles. The SMILES string of the molecule is N#Cc1cc(N)cnc1Sc1nc2ccccc2s1. The van der Waals surface area contributed by atoms with Crippen LogP contribution in [0.1, 0.15) is 5.56 Å². The molecule has 0 fully saturated rings. The van der Waals surface area contributed by atoms with Gasteiger partial charge in [0.2, 0.25) is 0 Å². The molecule has 0 unspecified atom stereocenters. The maximum absolute atomic E-state index is 9.08. The second-order valence-corrected chi connectivity index (χ2v) is 6.05. The monoisotopic (exact) mass is 284 g/mol. The van der Waals surface area contributed by atoms with Gasteiger partial charge in [-0.25, -0.2) is 9.97 Å². The van der Waals surface area contributed by atoms with Crippen LogP contribution in [-0.4, -0.2) is 9.97 Å². The summed E-state index contributed by atoms with van der Waals surface area (Å²) in [5.74, 6) is 0. The van der Waals surface area contributed by atoms with E-state index in [9.17, 15) is 0 Å². The number of thiazole rings is 1. The number of para-hydroxylation sites is 1. The summed E-state index contributed by atoms with van der Waals surface area (Å²) in [5, 5.41) is 9.72. The highest BCUT2D eigenvalue weighted by Crippen LogP contribution is 2.34. The minimum atomic E-state index is 0.476. The Balaban J connectivity index is 1.99. The minimum absolute atomic E-state index is 0.476. The number of nitrogens with zero attached hydrogens (tertiary/aromatic N) is 3. The van der Waals surface area contributed by atoms with E-state index >= 15 is 0 Å². The number of fused-ring (bicyclic) bond motifs is 1. The Hall–Kier alpha value is -2.10. The summed E-state index contributed by atoms with van der Waals surface area (Å²) < 4.78 is 1.99. The van der Waals surface area contributed by atoms with E-state index < -0.39 is 0 Å². The first-order valence-electron chi connectivity index (χ1n) is 5.45. The van der Waals surface area contributed by atoms with E-state index in [0.717, 1.165) is 14.6 Å². The Morgan fingerprint density at radius 1 is 1.32 bits per heavy atom. The lowest BCUT2D eigenvalue weighted by molar-refractivity contribution is 1.11. The second-order valence-electron chi connectivity index (χ2n) is 3.78. The Morgan fingerprint density at radius 2 is 2.16 bits per heavy atom. The fraction of sp³-hybridized carbons (Fsp3) is 0. The lowest BCUT2D eigenvalue weighted by Gasteiger charge is -2.00. The number of nitrogens with two attached hydrogens (primary N) is 1. The molecule has 2 heterocycles. The van der Waals surface area contributed by atoms with E-state index in [4.69, 9.17) is 11.0 Å². The number of nitriles is 1. The third kappa shape index (κ3) is 2.38. The van der Waals surface area contributed by atoms with E-state index in [0.29, 0.717) is 16.3 Å². The van der Waals surface area contributed by atoms with Crippen LogP contribution in [0.5, 0.6) is 0 Å². The van der Waals surface area contributed by atoms with Gasteiger partial charge in [0.15, 0.2) is 4.34 Å². The van der Waals surface area contributed by atoms with Gasteiger partial charge in [0.25, 0.3) is 0 Å². The number of hydrogen-bond donors (Lipinski definition) is 1. The van der Waals surface area contributed by atoms with Crippen molar-refractivity contribution in [3.8, 4) is 6.07 Å². The normalized spacial score (nSPS) is 10.5. The fourth-order valence-electron chi connectivity index (χ4n) is 1.61. The van der Waals surface area contributed by atoms with Crippen LogP contribution in [0.4, 0.5) is 5.69 Å². The van der Waals surface area contributed by atoms with Crippen LogP contribution < -0.4 is 5.73 Å². The third-order valence-electron chi connectivity index (χ3n) is 2.45. The van der Waals surface area contributed by atoms with Crippen molar-refractivity contribution in [2.24, 2.45) is 0 Å². The van der Waals surface area contributed by atoms with Crippen LogP contribution in [0.3, 0.4) is 0 Å². The zero-order valence-corrected chi connectivity index (χ0v) is 11.3. The molecule has 0 bridgehead atoms. The molecule has 2 aromatic heterocycles. The predicted molar refractivity (Wildman–Crippen MR) is 77.1 cm³/mol. The van der Waals surface area contributed by atoms with E-state index in [2.05, 4.69) is 16.0 Å². The highest BCUT2D eigenvalue weighted by molar-refractivity contribution is 8.01. The summed E-state index contributed by atoms with van der Waals surface area (Å²) in [7, 11) is 0. The number of benzene rings is 1. The van der Waals surface area contributed by atoms with E-state index in [1.165, 1.54) is 11.8 Å². The first-order chi connectivity index (χ1) is 9.26. The van der Waals surface area contributed by atoms with Crippen molar-refractivity contribution in [1.82, 2.24) is 9.97 Å². The molecule has 0 aliphatic rings. The largest absolute Gasteiger partial charge is 0.397 e. The Bertz CT molecular complexity index is 756. The summed E-state index contributed by atoms with van der Waals surface area (Å²) in [4.78, 5) is 8.70. The van der Waals surface area contributed by atoms with E-state index in [1.807, 2.05) is 24.3 Å². The minimum Gasteiger partial charge on any atom is -0.397 e. The molecule has 0 radical (unpaired) electrons. The quantitative estimate of drug-likeness (QED) is 0.781. The predicted octanol–water partition coefficient (Wildman–Crippen LogP) is 3.30. The average molecular weight is 284 g/mol. The third-order valence-corrected chi connectivity index (χ3v) is 4.57. The summed E-state index contributed by atoms with van der Waals surface area (Å²) in [6.07, 6.45) is 1.55. The number of nitrogen functional groups attached to an aromatic ring is 1. The van der Waals surface area contributed by atoms with Gasteiger partial charge < -0.3 is 5.73 Å². The maximum Gasteiger partial charge on any atom is 0.157 e. The van der Waals surface area contributed by atoms with Gasteiger partial charge >= 0.3 is 0 Å². The molecule has 0 saturated heterocycles. The molecule has 0 amide bonds. The molecule has 92 valence electrons. The molecule has 19 heavy (non-hydrogen) atoms. The Labute approximate surface area is 117 Å². The topological polar surface area (TPSA) is 75.6 Å². The Kier molecular flexibility index (Phi) is 3.07. The number of pyridine rings is 1. The first kappa shape index (κ1) is 12.0. The van der Waals surface area contributed by atoms with Crippen LogP contribution in [0, 0.1) is 11.3 Å². The molecule has 0 spiro atoms. The molecule has 4 nitrogen and oxygen atoms in total. The number of aromatic nitrogens is 2. The Morgan fingerprint density at radius 3 is 2.95 bits per heavy atom. The maximum atomic E-state index is 9.08. The average Bonchev–Trinajstić information content (AvgIpc) is 2.83. The van der Waals surface area contributed by atoms with Crippen molar-refractivity contribution in [1.29, 1.82) is 5.26 Å². The summed E-state index contributed by atoms with van der Waals surface area (Å²) in [5.41, 5.74) is 7.55. The number of anilines is 1. The molecule has 6 heteroatoms. The molecule has 0 atom stereocenters. The van der Waals surface area contributed by atoms with E-state index in [-0.39, 0.29) is 0 Å².